The lowest BCUT2D eigenvalue weighted by atomic mass is 10.3. The molecule has 26 heavy (non-hydrogen) atoms. The van der Waals surface area contributed by atoms with E-state index < -0.39 is 19.9 Å². The maximum Gasteiger partial charge on any atom is 0.241 e. The molecule has 0 aliphatic rings. The smallest absolute Gasteiger partial charge is 0.241 e. The number of nitrogens with zero attached hydrogens (tertiary/aromatic N) is 2. The summed E-state index contributed by atoms with van der Waals surface area (Å²) in [6.07, 6.45) is 0. The van der Waals surface area contributed by atoms with Crippen LogP contribution in [0.15, 0.2) is 34.2 Å². The van der Waals surface area contributed by atoms with Crippen LogP contribution < -0.4 is 9.46 Å². The van der Waals surface area contributed by atoms with Gasteiger partial charge in [0.05, 0.1) is 24.3 Å². The van der Waals surface area contributed by atoms with E-state index >= 15 is 0 Å². The second kappa shape index (κ2) is 8.05. The molecular formula is C14H15Cl2N3O5S2. The molecule has 1 aromatic heterocycles. The SMILES string of the molecule is CCS(=O)(=O)c1cc(OC)c(CNS(=O)(=O)c2cc(Cl)cc(Cl)c2)nn1. The van der Waals surface area contributed by atoms with Crippen molar-refractivity contribution < 1.29 is 21.6 Å². The fraction of sp³-hybridized carbons (Fsp3) is 0.286. The second-order valence-electron chi connectivity index (χ2n) is 5.03. The van der Waals surface area contributed by atoms with Crippen molar-refractivity contribution >= 4 is 43.1 Å². The van der Waals surface area contributed by atoms with E-state index in [0.29, 0.717) is 0 Å². The van der Waals surface area contributed by atoms with Crippen molar-refractivity contribution in [2.75, 3.05) is 12.9 Å². The third-order valence-electron chi connectivity index (χ3n) is 3.30. The first-order valence-electron chi connectivity index (χ1n) is 7.18. The van der Waals surface area contributed by atoms with Crippen LogP contribution in [0.5, 0.6) is 5.75 Å². The molecule has 0 aliphatic carbocycles. The summed E-state index contributed by atoms with van der Waals surface area (Å²) in [6, 6.07) is 5.10. The zero-order valence-electron chi connectivity index (χ0n) is 13.7. The average Bonchev–Trinajstić information content (AvgIpc) is 2.59. The first-order chi connectivity index (χ1) is 12.1. The molecule has 0 aliphatic heterocycles. The van der Waals surface area contributed by atoms with Crippen LogP contribution in [-0.2, 0) is 26.4 Å². The van der Waals surface area contributed by atoms with Gasteiger partial charge in [-0.25, -0.2) is 21.6 Å². The Bertz CT molecular complexity index is 1010. The number of rotatable bonds is 7. The minimum atomic E-state index is -3.93. The molecule has 1 heterocycles. The van der Waals surface area contributed by atoms with E-state index in [2.05, 4.69) is 14.9 Å². The summed E-state index contributed by atoms with van der Waals surface area (Å²) in [5.74, 6) is -0.0503. The van der Waals surface area contributed by atoms with Crippen LogP contribution in [0.1, 0.15) is 12.6 Å². The summed E-state index contributed by atoms with van der Waals surface area (Å²) in [5.41, 5.74) is 0.124. The summed E-state index contributed by atoms with van der Waals surface area (Å²) in [7, 11) is -6.18. The zero-order chi connectivity index (χ0) is 19.5. The van der Waals surface area contributed by atoms with Crippen LogP contribution in [0.3, 0.4) is 0 Å². The van der Waals surface area contributed by atoms with Crippen LogP contribution in [0, 0.1) is 0 Å². The third-order valence-corrected chi connectivity index (χ3v) is 6.72. The molecule has 2 rings (SSSR count). The average molecular weight is 440 g/mol. The van der Waals surface area contributed by atoms with Gasteiger partial charge in [0.1, 0.15) is 11.4 Å². The molecule has 0 bridgehead atoms. The van der Waals surface area contributed by atoms with E-state index in [4.69, 9.17) is 27.9 Å². The molecule has 0 amide bonds. The molecule has 1 N–H and O–H groups in total. The molecule has 1 aromatic carbocycles. The summed E-state index contributed by atoms with van der Waals surface area (Å²) >= 11 is 11.6. The van der Waals surface area contributed by atoms with E-state index in [1.807, 2.05) is 0 Å². The molecule has 0 atom stereocenters. The van der Waals surface area contributed by atoms with E-state index in [9.17, 15) is 16.8 Å². The van der Waals surface area contributed by atoms with Crippen molar-refractivity contribution in [2.24, 2.45) is 0 Å². The molecule has 2 aromatic rings. The predicted octanol–water partition coefficient (Wildman–Crippen LogP) is 2.06. The Morgan fingerprint density at radius 2 is 1.65 bits per heavy atom. The minimum Gasteiger partial charge on any atom is -0.495 e. The highest BCUT2D eigenvalue weighted by Crippen LogP contribution is 2.23. The highest BCUT2D eigenvalue weighted by molar-refractivity contribution is 7.91. The van der Waals surface area contributed by atoms with Gasteiger partial charge in [-0.1, -0.05) is 30.1 Å². The number of hydrogen-bond acceptors (Lipinski definition) is 7. The third kappa shape index (κ3) is 4.83. The van der Waals surface area contributed by atoms with E-state index in [1.54, 1.807) is 0 Å². The summed E-state index contributed by atoms with van der Waals surface area (Å²) < 4.78 is 55.8. The van der Waals surface area contributed by atoms with Gasteiger partial charge in [0, 0.05) is 16.1 Å². The van der Waals surface area contributed by atoms with Gasteiger partial charge in [-0.2, -0.15) is 0 Å². The molecule has 0 saturated carbocycles. The number of ether oxygens (including phenoxy) is 1. The number of sulfone groups is 1. The van der Waals surface area contributed by atoms with E-state index in [-0.39, 0.29) is 43.7 Å². The number of halogens is 2. The molecule has 12 heteroatoms. The standard InChI is InChI=1S/C14H15Cl2N3O5S2/c1-3-25(20,21)14-7-13(24-2)12(18-19-14)8-17-26(22,23)11-5-9(15)4-10(16)6-11/h4-7,17H,3,8H2,1-2H3. The number of hydrogen-bond donors (Lipinski definition) is 1. The topological polar surface area (TPSA) is 115 Å². The lowest BCUT2D eigenvalue weighted by molar-refractivity contribution is 0.401. The maximum atomic E-state index is 12.4. The Morgan fingerprint density at radius 3 is 2.19 bits per heavy atom. The van der Waals surface area contributed by atoms with Gasteiger partial charge >= 0.3 is 0 Å². The van der Waals surface area contributed by atoms with Crippen LogP contribution in [0.4, 0.5) is 0 Å². The molecule has 0 radical (unpaired) electrons. The Balaban J connectivity index is 2.28. The number of aromatic nitrogens is 2. The first-order valence-corrected chi connectivity index (χ1v) is 11.1. The van der Waals surface area contributed by atoms with Crippen LogP contribution in [0.2, 0.25) is 10.0 Å². The van der Waals surface area contributed by atoms with Crippen molar-refractivity contribution in [3.63, 3.8) is 0 Å². The molecule has 0 spiro atoms. The molecule has 8 nitrogen and oxygen atoms in total. The summed E-state index contributed by atoms with van der Waals surface area (Å²) in [5, 5.41) is 7.49. The van der Waals surface area contributed by atoms with Crippen LogP contribution in [0.25, 0.3) is 0 Å². The fourth-order valence-corrected chi connectivity index (χ4v) is 4.37. The van der Waals surface area contributed by atoms with Crippen molar-refractivity contribution in [2.45, 2.75) is 23.4 Å². The molecule has 0 fully saturated rings. The van der Waals surface area contributed by atoms with Gasteiger partial charge in [-0.05, 0) is 18.2 Å². The maximum absolute atomic E-state index is 12.4. The molecule has 0 unspecified atom stereocenters. The normalized spacial score (nSPS) is 12.2. The van der Waals surface area contributed by atoms with Crippen molar-refractivity contribution in [3.05, 3.63) is 40.0 Å². The lowest BCUT2D eigenvalue weighted by Gasteiger charge is -2.10. The van der Waals surface area contributed by atoms with E-state index in [1.165, 1.54) is 38.3 Å². The Hall–Kier alpha value is -1.46. The number of benzene rings is 1. The van der Waals surface area contributed by atoms with Crippen molar-refractivity contribution in [1.82, 2.24) is 14.9 Å². The zero-order valence-corrected chi connectivity index (χ0v) is 16.9. The summed E-state index contributed by atoms with van der Waals surface area (Å²) in [4.78, 5) is -0.118. The largest absolute Gasteiger partial charge is 0.495 e. The second-order valence-corrected chi connectivity index (χ2v) is 9.90. The highest BCUT2D eigenvalue weighted by Gasteiger charge is 2.20. The van der Waals surface area contributed by atoms with Crippen LogP contribution >= 0.6 is 23.2 Å². The monoisotopic (exact) mass is 439 g/mol. The van der Waals surface area contributed by atoms with Gasteiger partial charge in [-0.3, -0.25) is 0 Å². The van der Waals surface area contributed by atoms with E-state index in [0.717, 1.165) is 0 Å². The molecule has 0 saturated heterocycles. The van der Waals surface area contributed by atoms with Gasteiger partial charge in [0.25, 0.3) is 0 Å². The summed E-state index contributed by atoms with van der Waals surface area (Å²) in [6.45, 7) is 1.21. The van der Waals surface area contributed by atoms with Crippen LogP contribution in [-0.4, -0.2) is 39.9 Å². The predicted molar refractivity (Wildman–Crippen MR) is 96.8 cm³/mol. The Labute approximate surface area is 161 Å². The minimum absolute atomic E-state index is 0.0962. The Kier molecular flexibility index (Phi) is 6.46. The Morgan fingerprint density at radius 1 is 1.04 bits per heavy atom. The first kappa shape index (κ1) is 20.8. The van der Waals surface area contributed by atoms with Gasteiger partial charge in [0.15, 0.2) is 14.9 Å². The molecule has 142 valence electrons. The fourth-order valence-electron chi connectivity index (χ4n) is 1.91. The van der Waals surface area contributed by atoms with Gasteiger partial charge in [-0.15, -0.1) is 10.2 Å². The number of sulfonamides is 1. The number of methoxy groups -OCH3 is 1. The highest BCUT2D eigenvalue weighted by atomic mass is 35.5. The lowest BCUT2D eigenvalue weighted by Crippen LogP contribution is -2.24. The quantitative estimate of drug-likeness (QED) is 0.701. The van der Waals surface area contributed by atoms with Gasteiger partial charge in [0.2, 0.25) is 10.0 Å². The van der Waals surface area contributed by atoms with Gasteiger partial charge < -0.3 is 4.74 Å². The number of nitrogens with one attached hydrogen (secondary N) is 1. The van der Waals surface area contributed by atoms with Crippen molar-refractivity contribution in [1.29, 1.82) is 0 Å². The molecular weight excluding hydrogens is 425 g/mol. The van der Waals surface area contributed by atoms with Crippen molar-refractivity contribution in [3.8, 4) is 5.75 Å².